The highest BCUT2D eigenvalue weighted by atomic mass is 35.5. The van der Waals surface area contributed by atoms with Gasteiger partial charge in [0, 0.05) is 12.7 Å². The first-order valence-electron chi connectivity index (χ1n) is 3.38. The van der Waals surface area contributed by atoms with Crippen LogP contribution in [0.3, 0.4) is 0 Å². The SMILES string of the molecule is Clc1cncc2c1NCCO2. The van der Waals surface area contributed by atoms with Crippen LogP contribution in [0.4, 0.5) is 5.69 Å². The van der Waals surface area contributed by atoms with Gasteiger partial charge in [-0.1, -0.05) is 11.6 Å². The molecule has 1 N–H and O–H groups in total. The van der Waals surface area contributed by atoms with E-state index in [4.69, 9.17) is 16.3 Å². The van der Waals surface area contributed by atoms with Crippen LogP contribution in [0.15, 0.2) is 12.4 Å². The van der Waals surface area contributed by atoms with Crippen molar-refractivity contribution < 1.29 is 4.74 Å². The van der Waals surface area contributed by atoms with Crippen LogP contribution in [0.1, 0.15) is 0 Å². The third kappa shape index (κ3) is 1.12. The topological polar surface area (TPSA) is 34.2 Å². The van der Waals surface area contributed by atoms with Crippen molar-refractivity contribution in [2.75, 3.05) is 18.5 Å². The highest BCUT2D eigenvalue weighted by Gasteiger charge is 2.11. The molecule has 1 aromatic rings. The molecular formula is C7H7ClN2O. The second kappa shape index (κ2) is 2.58. The van der Waals surface area contributed by atoms with Crippen LogP contribution in [-0.2, 0) is 0 Å². The Morgan fingerprint density at radius 1 is 1.55 bits per heavy atom. The molecule has 0 bridgehead atoms. The molecule has 1 aliphatic rings. The minimum absolute atomic E-state index is 0.613. The van der Waals surface area contributed by atoms with E-state index >= 15 is 0 Å². The van der Waals surface area contributed by atoms with Crippen LogP contribution < -0.4 is 10.1 Å². The molecule has 0 aromatic carbocycles. The van der Waals surface area contributed by atoms with E-state index in [2.05, 4.69) is 10.3 Å². The van der Waals surface area contributed by atoms with E-state index in [1.807, 2.05) is 0 Å². The van der Waals surface area contributed by atoms with Crippen LogP contribution in [0.5, 0.6) is 5.75 Å². The van der Waals surface area contributed by atoms with E-state index in [-0.39, 0.29) is 0 Å². The molecule has 0 fully saturated rings. The highest BCUT2D eigenvalue weighted by Crippen LogP contribution is 2.32. The van der Waals surface area contributed by atoms with Crippen LogP contribution in [-0.4, -0.2) is 18.1 Å². The van der Waals surface area contributed by atoms with Crippen molar-refractivity contribution in [1.29, 1.82) is 0 Å². The summed E-state index contributed by atoms with van der Waals surface area (Å²) in [6.07, 6.45) is 3.26. The Kier molecular flexibility index (Phi) is 1.58. The van der Waals surface area contributed by atoms with Gasteiger partial charge in [0.1, 0.15) is 6.61 Å². The van der Waals surface area contributed by atoms with Gasteiger partial charge in [-0.15, -0.1) is 0 Å². The molecule has 58 valence electrons. The zero-order valence-corrected chi connectivity index (χ0v) is 6.56. The molecule has 0 atom stereocenters. The number of halogens is 1. The smallest absolute Gasteiger partial charge is 0.162 e. The molecule has 0 saturated carbocycles. The van der Waals surface area contributed by atoms with Gasteiger partial charge in [0.15, 0.2) is 5.75 Å². The summed E-state index contributed by atoms with van der Waals surface area (Å²) in [6, 6.07) is 0. The molecule has 0 saturated heterocycles. The normalized spacial score (nSPS) is 14.6. The zero-order valence-electron chi connectivity index (χ0n) is 5.80. The van der Waals surface area contributed by atoms with E-state index in [0.29, 0.717) is 11.6 Å². The fraction of sp³-hybridized carbons (Fsp3) is 0.286. The number of nitrogens with zero attached hydrogens (tertiary/aromatic N) is 1. The molecule has 4 heteroatoms. The third-order valence-corrected chi connectivity index (χ3v) is 1.81. The first-order chi connectivity index (χ1) is 5.38. The summed E-state index contributed by atoms with van der Waals surface area (Å²) in [6.45, 7) is 1.48. The Morgan fingerprint density at radius 2 is 2.45 bits per heavy atom. The molecule has 0 spiro atoms. The van der Waals surface area contributed by atoms with Gasteiger partial charge >= 0.3 is 0 Å². The average Bonchev–Trinajstić information content (AvgIpc) is 2.06. The van der Waals surface area contributed by atoms with Gasteiger partial charge in [-0.2, -0.15) is 0 Å². The fourth-order valence-corrected chi connectivity index (χ4v) is 1.25. The summed E-state index contributed by atoms with van der Waals surface area (Å²) >= 11 is 5.84. The van der Waals surface area contributed by atoms with Crippen molar-refractivity contribution >= 4 is 17.3 Å². The van der Waals surface area contributed by atoms with Crippen LogP contribution >= 0.6 is 11.6 Å². The lowest BCUT2D eigenvalue weighted by Gasteiger charge is -2.18. The summed E-state index contributed by atoms with van der Waals surface area (Å²) < 4.78 is 5.29. The van der Waals surface area contributed by atoms with Gasteiger partial charge < -0.3 is 10.1 Å². The molecule has 11 heavy (non-hydrogen) atoms. The first kappa shape index (κ1) is 6.73. The van der Waals surface area contributed by atoms with E-state index in [1.165, 1.54) is 0 Å². The number of aromatic nitrogens is 1. The highest BCUT2D eigenvalue weighted by molar-refractivity contribution is 6.33. The molecule has 0 aliphatic carbocycles. The Balaban J connectivity index is 2.49. The summed E-state index contributed by atoms with van der Waals surface area (Å²) in [4.78, 5) is 3.90. The van der Waals surface area contributed by atoms with Gasteiger partial charge in [0.25, 0.3) is 0 Å². The maximum absolute atomic E-state index is 5.84. The number of hydrogen-bond donors (Lipinski definition) is 1. The summed E-state index contributed by atoms with van der Waals surface area (Å²) in [5, 5.41) is 3.75. The van der Waals surface area contributed by atoms with E-state index in [0.717, 1.165) is 18.0 Å². The standard InChI is InChI=1S/C7H7ClN2O/c8-5-3-9-4-6-7(5)10-1-2-11-6/h3-4,10H,1-2H2. The predicted octanol–water partition coefficient (Wildman–Crippen LogP) is 1.54. The molecule has 2 rings (SSSR count). The lowest BCUT2D eigenvalue weighted by molar-refractivity contribution is 0.322. The van der Waals surface area contributed by atoms with Crippen molar-refractivity contribution in [3.05, 3.63) is 17.4 Å². The average molecular weight is 171 g/mol. The van der Waals surface area contributed by atoms with Crippen LogP contribution in [0.2, 0.25) is 5.02 Å². The monoisotopic (exact) mass is 170 g/mol. The number of rotatable bonds is 0. The maximum Gasteiger partial charge on any atom is 0.162 e. The Bertz CT molecular complexity index is 277. The molecular weight excluding hydrogens is 164 g/mol. The molecule has 2 heterocycles. The molecule has 0 radical (unpaired) electrons. The molecule has 3 nitrogen and oxygen atoms in total. The lowest BCUT2D eigenvalue weighted by Crippen LogP contribution is -2.18. The quantitative estimate of drug-likeness (QED) is 0.642. The first-order valence-corrected chi connectivity index (χ1v) is 3.76. The van der Waals surface area contributed by atoms with Gasteiger partial charge in [0.05, 0.1) is 16.9 Å². The Labute approximate surface area is 69.3 Å². The van der Waals surface area contributed by atoms with Crippen molar-refractivity contribution in [2.24, 2.45) is 0 Å². The molecule has 0 unspecified atom stereocenters. The third-order valence-electron chi connectivity index (χ3n) is 1.53. The van der Waals surface area contributed by atoms with Gasteiger partial charge in [-0.25, -0.2) is 0 Å². The Morgan fingerprint density at radius 3 is 3.27 bits per heavy atom. The van der Waals surface area contributed by atoms with E-state index in [9.17, 15) is 0 Å². The minimum atomic E-state index is 0.613. The van der Waals surface area contributed by atoms with E-state index in [1.54, 1.807) is 12.4 Å². The second-order valence-electron chi connectivity index (χ2n) is 2.27. The van der Waals surface area contributed by atoms with Crippen LogP contribution in [0, 0.1) is 0 Å². The number of ether oxygens (including phenoxy) is 1. The second-order valence-corrected chi connectivity index (χ2v) is 2.68. The summed E-state index contributed by atoms with van der Waals surface area (Å²) in [7, 11) is 0. The van der Waals surface area contributed by atoms with Crippen molar-refractivity contribution in [3.63, 3.8) is 0 Å². The van der Waals surface area contributed by atoms with E-state index < -0.39 is 0 Å². The molecule has 1 aromatic heterocycles. The van der Waals surface area contributed by atoms with Crippen molar-refractivity contribution in [2.45, 2.75) is 0 Å². The van der Waals surface area contributed by atoms with Gasteiger partial charge in [0.2, 0.25) is 0 Å². The number of fused-ring (bicyclic) bond motifs is 1. The van der Waals surface area contributed by atoms with Crippen molar-refractivity contribution in [3.8, 4) is 5.75 Å². The van der Waals surface area contributed by atoms with Crippen molar-refractivity contribution in [1.82, 2.24) is 4.98 Å². The number of pyridine rings is 1. The van der Waals surface area contributed by atoms with Gasteiger partial charge in [-0.05, 0) is 0 Å². The number of anilines is 1. The molecule has 1 aliphatic heterocycles. The largest absolute Gasteiger partial charge is 0.488 e. The zero-order chi connectivity index (χ0) is 7.68. The van der Waals surface area contributed by atoms with Gasteiger partial charge in [-0.3, -0.25) is 4.98 Å². The Hall–Kier alpha value is -0.960. The lowest BCUT2D eigenvalue weighted by atomic mass is 10.3. The fourth-order valence-electron chi connectivity index (χ4n) is 1.04. The summed E-state index contributed by atoms with van der Waals surface area (Å²) in [5.74, 6) is 0.740. The van der Waals surface area contributed by atoms with Crippen LogP contribution in [0.25, 0.3) is 0 Å². The minimum Gasteiger partial charge on any atom is -0.488 e. The molecule has 0 amide bonds. The number of nitrogens with one attached hydrogen (secondary N) is 1. The predicted molar refractivity (Wildman–Crippen MR) is 43.2 cm³/mol. The maximum atomic E-state index is 5.84. The summed E-state index contributed by atoms with van der Waals surface area (Å²) in [5.41, 5.74) is 0.855. The number of hydrogen-bond acceptors (Lipinski definition) is 3.